The van der Waals surface area contributed by atoms with Crippen molar-refractivity contribution in [1.29, 1.82) is 0 Å². The largest absolute Gasteiger partial charge is 0.545 e. The van der Waals surface area contributed by atoms with Gasteiger partial charge in [-0.15, -0.1) is 0 Å². The molecule has 0 atom stereocenters. The van der Waals surface area contributed by atoms with Gasteiger partial charge in [0, 0.05) is 31.5 Å². The Kier molecular flexibility index (Phi) is 3.85. The molecule has 0 N–H and O–H groups in total. The van der Waals surface area contributed by atoms with Crippen molar-refractivity contribution in [3.63, 3.8) is 0 Å². The number of benzene rings is 1. The summed E-state index contributed by atoms with van der Waals surface area (Å²) in [6.07, 6.45) is 1.92. The van der Waals surface area contributed by atoms with Crippen LogP contribution in [0.3, 0.4) is 0 Å². The summed E-state index contributed by atoms with van der Waals surface area (Å²) in [5, 5.41) is 10.3. The van der Waals surface area contributed by atoms with E-state index in [9.17, 15) is 27.9 Å². The van der Waals surface area contributed by atoms with E-state index in [1.807, 2.05) is 0 Å². The third-order valence-electron chi connectivity index (χ3n) is 3.96. The smallest absolute Gasteiger partial charge is 0.201 e. The SMILES string of the molecule is O=C([O-])c1cn(C2CCOCC2)c2cc(F)c(F)c(F)c2c1=O. The van der Waals surface area contributed by atoms with E-state index in [2.05, 4.69) is 0 Å². The van der Waals surface area contributed by atoms with Crippen molar-refractivity contribution in [3.05, 3.63) is 45.5 Å². The van der Waals surface area contributed by atoms with Gasteiger partial charge in [0.05, 0.1) is 22.4 Å². The van der Waals surface area contributed by atoms with Gasteiger partial charge >= 0.3 is 0 Å². The van der Waals surface area contributed by atoms with Gasteiger partial charge in [-0.05, 0) is 12.8 Å². The van der Waals surface area contributed by atoms with E-state index in [1.165, 1.54) is 4.57 Å². The quantitative estimate of drug-likeness (QED) is 0.776. The Morgan fingerprint density at radius 3 is 2.48 bits per heavy atom. The number of fused-ring (bicyclic) bond motifs is 1. The molecule has 1 aromatic carbocycles. The normalized spacial score (nSPS) is 16.0. The van der Waals surface area contributed by atoms with Crippen LogP contribution in [0.15, 0.2) is 17.1 Å². The summed E-state index contributed by atoms with van der Waals surface area (Å²) in [6.45, 7) is 0.760. The molecule has 2 aromatic rings. The first-order chi connectivity index (χ1) is 10.9. The second-order valence-corrected chi connectivity index (χ2v) is 5.29. The van der Waals surface area contributed by atoms with Gasteiger partial charge in [0.2, 0.25) is 5.43 Å². The monoisotopic (exact) mass is 326 g/mol. The number of aromatic carboxylic acids is 1. The van der Waals surface area contributed by atoms with Crippen LogP contribution in [-0.2, 0) is 4.74 Å². The van der Waals surface area contributed by atoms with E-state index < -0.39 is 39.8 Å². The van der Waals surface area contributed by atoms with Crippen molar-refractivity contribution in [1.82, 2.24) is 4.57 Å². The highest BCUT2D eigenvalue weighted by Crippen LogP contribution is 2.28. The molecule has 8 heteroatoms. The second-order valence-electron chi connectivity index (χ2n) is 5.29. The number of halogens is 3. The van der Waals surface area contributed by atoms with Crippen LogP contribution >= 0.6 is 0 Å². The summed E-state index contributed by atoms with van der Waals surface area (Å²) in [4.78, 5) is 23.2. The lowest BCUT2D eigenvalue weighted by atomic mass is 10.0. The Morgan fingerprint density at radius 1 is 1.22 bits per heavy atom. The molecule has 0 spiro atoms. The maximum atomic E-state index is 14.0. The van der Waals surface area contributed by atoms with E-state index in [-0.39, 0.29) is 11.6 Å². The molecule has 0 radical (unpaired) electrons. The molecule has 1 fully saturated rings. The van der Waals surface area contributed by atoms with Gasteiger partial charge in [-0.25, -0.2) is 13.2 Å². The molecule has 1 saturated heterocycles. The highest BCUT2D eigenvalue weighted by atomic mass is 19.2. The van der Waals surface area contributed by atoms with Crippen molar-refractivity contribution < 1.29 is 27.8 Å². The molecule has 2 heterocycles. The topological polar surface area (TPSA) is 71.4 Å². The lowest BCUT2D eigenvalue weighted by molar-refractivity contribution is -0.255. The van der Waals surface area contributed by atoms with Gasteiger partial charge in [0.15, 0.2) is 17.5 Å². The molecule has 1 aliphatic heterocycles. The fourth-order valence-electron chi connectivity index (χ4n) is 2.81. The number of carboxylic acid groups (broad SMARTS) is 1. The number of pyridine rings is 1. The Hall–Kier alpha value is -2.35. The fourth-order valence-corrected chi connectivity index (χ4v) is 2.81. The van der Waals surface area contributed by atoms with Crippen LogP contribution in [0.2, 0.25) is 0 Å². The maximum Gasteiger partial charge on any atom is 0.201 e. The van der Waals surface area contributed by atoms with Gasteiger partial charge in [-0.2, -0.15) is 0 Å². The number of nitrogens with zero attached hydrogens (tertiary/aromatic N) is 1. The average molecular weight is 326 g/mol. The number of hydrogen-bond donors (Lipinski definition) is 0. The number of aromatic nitrogens is 1. The summed E-state index contributed by atoms with van der Waals surface area (Å²) >= 11 is 0. The number of rotatable bonds is 2. The summed E-state index contributed by atoms with van der Waals surface area (Å²) in [5.74, 6) is -6.77. The predicted octanol–water partition coefficient (Wildman–Crippen LogP) is 1.13. The zero-order valence-electron chi connectivity index (χ0n) is 11.8. The number of hydrogen-bond acceptors (Lipinski definition) is 4. The number of carboxylic acids is 1. The number of ether oxygens (including phenoxy) is 1. The van der Waals surface area contributed by atoms with Crippen LogP contribution < -0.4 is 10.5 Å². The Balaban J connectivity index is 2.40. The molecule has 0 unspecified atom stereocenters. The molecule has 1 aliphatic rings. The van der Waals surface area contributed by atoms with Crippen LogP contribution in [0.5, 0.6) is 0 Å². The van der Waals surface area contributed by atoms with Crippen molar-refractivity contribution in [2.45, 2.75) is 18.9 Å². The fraction of sp³-hybridized carbons (Fsp3) is 0.333. The zero-order valence-corrected chi connectivity index (χ0v) is 11.8. The van der Waals surface area contributed by atoms with Gasteiger partial charge in [-0.3, -0.25) is 4.79 Å². The van der Waals surface area contributed by atoms with Crippen LogP contribution in [0.25, 0.3) is 10.9 Å². The first kappa shape index (κ1) is 15.5. The zero-order chi connectivity index (χ0) is 16.7. The molecule has 122 valence electrons. The second kappa shape index (κ2) is 5.69. The summed E-state index contributed by atoms with van der Waals surface area (Å²) in [6, 6.07) is 0.373. The molecule has 0 bridgehead atoms. The number of carbonyl (C=O) groups is 1. The highest BCUT2D eigenvalue weighted by molar-refractivity contribution is 5.91. The van der Waals surface area contributed by atoms with Crippen molar-refractivity contribution in [2.75, 3.05) is 13.2 Å². The maximum absolute atomic E-state index is 14.0. The molecule has 1 aromatic heterocycles. The first-order valence-electron chi connectivity index (χ1n) is 6.93. The average Bonchev–Trinajstić information content (AvgIpc) is 2.53. The Bertz CT molecular complexity index is 856. The molecule has 0 saturated carbocycles. The molecular formula is C15H11F3NO4-. The van der Waals surface area contributed by atoms with Crippen LogP contribution in [0, 0.1) is 17.5 Å². The molecule has 3 rings (SSSR count). The molecule has 23 heavy (non-hydrogen) atoms. The van der Waals surface area contributed by atoms with E-state index in [1.54, 1.807) is 0 Å². The Labute approximate surface area is 127 Å². The van der Waals surface area contributed by atoms with Gasteiger partial charge < -0.3 is 19.2 Å². The van der Waals surface area contributed by atoms with E-state index in [4.69, 9.17) is 4.74 Å². The van der Waals surface area contributed by atoms with Crippen LogP contribution in [0.4, 0.5) is 13.2 Å². The minimum absolute atomic E-state index is 0.191. The summed E-state index contributed by atoms with van der Waals surface area (Å²) in [5.41, 5.74) is -2.23. The summed E-state index contributed by atoms with van der Waals surface area (Å²) in [7, 11) is 0. The standard InChI is InChI=1S/C15H12F3NO4/c16-9-5-10-11(13(18)12(9)17)14(20)8(15(21)22)6-19(10)7-1-3-23-4-2-7/h5-7H,1-4H2,(H,21,22)/p-1. The molecule has 0 aliphatic carbocycles. The summed E-state index contributed by atoms with van der Waals surface area (Å²) < 4.78 is 47.6. The Morgan fingerprint density at radius 2 is 1.87 bits per heavy atom. The third-order valence-corrected chi connectivity index (χ3v) is 3.96. The van der Waals surface area contributed by atoms with Crippen LogP contribution in [-0.4, -0.2) is 23.8 Å². The van der Waals surface area contributed by atoms with Crippen molar-refractivity contribution in [2.24, 2.45) is 0 Å². The van der Waals surface area contributed by atoms with Gasteiger partial charge in [0.1, 0.15) is 0 Å². The third kappa shape index (κ3) is 2.48. The van der Waals surface area contributed by atoms with Crippen molar-refractivity contribution in [3.8, 4) is 0 Å². The highest BCUT2D eigenvalue weighted by Gasteiger charge is 2.24. The number of carbonyl (C=O) groups excluding carboxylic acids is 1. The minimum Gasteiger partial charge on any atom is -0.545 e. The lowest BCUT2D eigenvalue weighted by Crippen LogP contribution is -2.32. The van der Waals surface area contributed by atoms with Gasteiger partial charge in [0.25, 0.3) is 0 Å². The lowest BCUT2D eigenvalue weighted by Gasteiger charge is -2.27. The molecular weight excluding hydrogens is 315 g/mol. The van der Waals surface area contributed by atoms with Gasteiger partial charge in [-0.1, -0.05) is 0 Å². The van der Waals surface area contributed by atoms with Crippen molar-refractivity contribution >= 4 is 16.9 Å². The molecule has 5 nitrogen and oxygen atoms in total. The first-order valence-corrected chi connectivity index (χ1v) is 6.93. The van der Waals surface area contributed by atoms with E-state index in [0.29, 0.717) is 32.1 Å². The van der Waals surface area contributed by atoms with Crippen LogP contribution in [0.1, 0.15) is 29.2 Å². The minimum atomic E-state index is -1.82. The predicted molar refractivity (Wildman–Crippen MR) is 71.5 cm³/mol. The van der Waals surface area contributed by atoms with E-state index >= 15 is 0 Å². The van der Waals surface area contributed by atoms with E-state index in [0.717, 1.165) is 6.20 Å². The molecule has 0 amide bonds.